The van der Waals surface area contributed by atoms with Gasteiger partial charge in [0.1, 0.15) is 6.04 Å². The van der Waals surface area contributed by atoms with Crippen LogP contribution in [0.15, 0.2) is 0 Å². The Hall–Kier alpha value is -1.99. The second kappa shape index (κ2) is 4.60. The quantitative estimate of drug-likeness (QED) is 0.642. The number of amides is 2. The van der Waals surface area contributed by atoms with E-state index in [1.807, 2.05) is 0 Å². The summed E-state index contributed by atoms with van der Waals surface area (Å²) in [4.78, 5) is 35.2. The monoisotopic (exact) mass is 272 g/mol. The molecule has 2 aliphatic rings. The van der Waals surface area contributed by atoms with Crippen LogP contribution in [0.2, 0.25) is 0 Å². The Labute approximate surface area is 109 Å². The molecule has 1 unspecified atom stereocenters. The highest BCUT2D eigenvalue weighted by molar-refractivity contribution is 5.80. The van der Waals surface area contributed by atoms with Gasteiger partial charge in [-0.15, -0.1) is 0 Å². The Balaban J connectivity index is 2.09. The summed E-state index contributed by atoms with van der Waals surface area (Å²) in [6, 6.07) is -1.02. The summed E-state index contributed by atoms with van der Waals surface area (Å²) in [6.07, 6.45) is -0.940. The van der Waals surface area contributed by atoms with Gasteiger partial charge in [-0.3, -0.25) is 4.90 Å². The van der Waals surface area contributed by atoms with E-state index in [-0.39, 0.29) is 13.0 Å². The number of carbonyl (C=O) groups is 3. The highest BCUT2D eigenvalue weighted by atomic mass is 16.4. The van der Waals surface area contributed by atoms with Crippen molar-refractivity contribution < 1.29 is 29.7 Å². The molecular formula is C11H16N2O6. The van der Waals surface area contributed by atoms with Crippen LogP contribution in [-0.4, -0.2) is 69.0 Å². The third-order valence-corrected chi connectivity index (χ3v) is 4.13. The molecule has 0 aromatic rings. The molecule has 8 nitrogen and oxygen atoms in total. The van der Waals surface area contributed by atoms with Gasteiger partial charge in [0.25, 0.3) is 0 Å². The number of piperidine rings is 1. The van der Waals surface area contributed by atoms with E-state index < -0.39 is 29.6 Å². The summed E-state index contributed by atoms with van der Waals surface area (Å²) >= 11 is 0. The van der Waals surface area contributed by atoms with Crippen LogP contribution in [0, 0.1) is 5.41 Å². The number of hydrogen-bond acceptors (Lipinski definition) is 3. The highest BCUT2D eigenvalue weighted by Crippen LogP contribution is 2.43. The van der Waals surface area contributed by atoms with Crippen LogP contribution in [0.3, 0.4) is 0 Å². The molecule has 2 aliphatic heterocycles. The molecule has 0 aliphatic carbocycles. The second-order valence-corrected chi connectivity index (χ2v) is 5.24. The standard InChI is InChI=1S/C11H16N2O6/c14-8(15)7-5-11(6-13(7)10(18)19)1-3-12(4-2-11)9(16)17/h7H,1-6H2,(H,14,15)(H,16,17)(H,18,19). The van der Waals surface area contributed by atoms with E-state index in [0.717, 1.165) is 4.90 Å². The third kappa shape index (κ3) is 2.42. The maximum atomic E-state index is 11.1. The van der Waals surface area contributed by atoms with Gasteiger partial charge >= 0.3 is 18.2 Å². The zero-order valence-corrected chi connectivity index (χ0v) is 10.3. The Morgan fingerprint density at radius 1 is 1.00 bits per heavy atom. The Kier molecular flexibility index (Phi) is 3.25. The van der Waals surface area contributed by atoms with Gasteiger partial charge in [0.05, 0.1) is 0 Å². The number of nitrogens with zero attached hydrogens (tertiary/aromatic N) is 2. The average molecular weight is 272 g/mol. The Morgan fingerprint density at radius 3 is 1.95 bits per heavy atom. The van der Waals surface area contributed by atoms with Crippen molar-refractivity contribution in [3.05, 3.63) is 0 Å². The number of carboxylic acids is 1. The van der Waals surface area contributed by atoms with Gasteiger partial charge in [-0.2, -0.15) is 0 Å². The minimum absolute atomic E-state index is 0.173. The first kappa shape index (κ1) is 13.4. The van der Waals surface area contributed by atoms with Crippen molar-refractivity contribution in [1.82, 2.24) is 9.80 Å². The van der Waals surface area contributed by atoms with Crippen molar-refractivity contribution in [1.29, 1.82) is 0 Å². The minimum atomic E-state index is -1.23. The molecule has 106 valence electrons. The minimum Gasteiger partial charge on any atom is -0.480 e. The largest absolute Gasteiger partial charge is 0.480 e. The molecule has 0 aromatic heterocycles. The highest BCUT2D eigenvalue weighted by Gasteiger charge is 2.50. The third-order valence-electron chi connectivity index (χ3n) is 4.13. The lowest BCUT2D eigenvalue weighted by atomic mass is 9.76. The predicted molar refractivity (Wildman–Crippen MR) is 62.0 cm³/mol. The molecule has 0 saturated carbocycles. The van der Waals surface area contributed by atoms with Gasteiger partial charge in [-0.1, -0.05) is 0 Å². The average Bonchev–Trinajstić information content (AvgIpc) is 2.70. The van der Waals surface area contributed by atoms with E-state index in [4.69, 9.17) is 15.3 Å². The van der Waals surface area contributed by atoms with Crippen molar-refractivity contribution in [2.45, 2.75) is 25.3 Å². The predicted octanol–water partition coefficient (Wildman–Crippen LogP) is 0.584. The molecule has 19 heavy (non-hydrogen) atoms. The lowest BCUT2D eigenvalue weighted by molar-refractivity contribution is -0.141. The van der Waals surface area contributed by atoms with Crippen molar-refractivity contribution in [3.8, 4) is 0 Å². The zero-order valence-electron chi connectivity index (χ0n) is 10.3. The fourth-order valence-electron chi connectivity index (χ4n) is 3.01. The first-order valence-electron chi connectivity index (χ1n) is 6.05. The summed E-state index contributed by atoms with van der Waals surface area (Å²) in [5, 5.41) is 27.0. The number of rotatable bonds is 1. The van der Waals surface area contributed by atoms with Gasteiger partial charge in [0.15, 0.2) is 0 Å². The summed E-state index contributed by atoms with van der Waals surface area (Å²) in [5.41, 5.74) is -0.395. The summed E-state index contributed by atoms with van der Waals surface area (Å²) < 4.78 is 0. The van der Waals surface area contributed by atoms with Crippen molar-refractivity contribution in [2.24, 2.45) is 5.41 Å². The summed E-state index contributed by atoms with van der Waals surface area (Å²) in [5.74, 6) is -1.14. The van der Waals surface area contributed by atoms with Crippen LogP contribution in [0.1, 0.15) is 19.3 Å². The maximum Gasteiger partial charge on any atom is 0.408 e. The van der Waals surface area contributed by atoms with E-state index in [2.05, 4.69) is 0 Å². The molecule has 8 heteroatoms. The van der Waals surface area contributed by atoms with Gasteiger partial charge in [-0.05, 0) is 24.7 Å². The smallest absolute Gasteiger partial charge is 0.408 e. The fourth-order valence-corrected chi connectivity index (χ4v) is 3.01. The van der Waals surface area contributed by atoms with Gasteiger partial charge in [0, 0.05) is 19.6 Å². The van der Waals surface area contributed by atoms with Crippen molar-refractivity contribution in [3.63, 3.8) is 0 Å². The number of hydrogen-bond donors (Lipinski definition) is 3. The van der Waals surface area contributed by atoms with Crippen LogP contribution in [0.4, 0.5) is 9.59 Å². The Bertz CT molecular complexity index is 391. The molecule has 2 fully saturated rings. The summed E-state index contributed by atoms with van der Waals surface area (Å²) in [6.45, 7) is 0.830. The number of aliphatic carboxylic acids is 1. The second-order valence-electron chi connectivity index (χ2n) is 5.24. The molecule has 0 radical (unpaired) electrons. The first-order valence-corrected chi connectivity index (χ1v) is 6.05. The van der Waals surface area contributed by atoms with Gasteiger partial charge in [0.2, 0.25) is 0 Å². The van der Waals surface area contributed by atoms with E-state index in [1.165, 1.54) is 4.90 Å². The zero-order chi connectivity index (χ0) is 14.2. The lowest BCUT2D eigenvalue weighted by Gasteiger charge is -2.37. The van der Waals surface area contributed by atoms with Gasteiger partial charge < -0.3 is 20.2 Å². The van der Waals surface area contributed by atoms with Gasteiger partial charge in [-0.25, -0.2) is 14.4 Å². The molecule has 2 rings (SSSR count). The lowest BCUT2D eigenvalue weighted by Crippen LogP contribution is -2.44. The van der Waals surface area contributed by atoms with Crippen LogP contribution in [0.5, 0.6) is 0 Å². The number of carboxylic acid groups (broad SMARTS) is 3. The van der Waals surface area contributed by atoms with Crippen molar-refractivity contribution >= 4 is 18.2 Å². The molecule has 2 saturated heterocycles. The van der Waals surface area contributed by atoms with Crippen molar-refractivity contribution in [2.75, 3.05) is 19.6 Å². The Morgan fingerprint density at radius 2 is 1.58 bits per heavy atom. The molecule has 0 bridgehead atoms. The van der Waals surface area contributed by atoms with E-state index in [0.29, 0.717) is 25.9 Å². The van der Waals surface area contributed by atoms with Crippen LogP contribution >= 0.6 is 0 Å². The molecule has 1 spiro atoms. The fraction of sp³-hybridized carbons (Fsp3) is 0.727. The topological polar surface area (TPSA) is 118 Å². The molecule has 1 atom stereocenters. The van der Waals surface area contributed by atoms with Crippen LogP contribution in [-0.2, 0) is 4.79 Å². The maximum absolute atomic E-state index is 11.1. The SMILES string of the molecule is O=C(O)C1CC2(CCN(C(=O)O)CC2)CN1C(=O)O. The first-order chi connectivity index (χ1) is 8.84. The molecule has 2 heterocycles. The van der Waals surface area contributed by atoms with E-state index in [1.54, 1.807) is 0 Å². The number of likely N-dealkylation sites (tertiary alicyclic amines) is 2. The molecule has 0 aromatic carbocycles. The normalized spacial score (nSPS) is 25.6. The van der Waals surface area contributed by atoms with E-state index >= 15 is 0 Å². The summed E-state index contributed by atoms with van der Waals surface area (Å²) in [7, 11) is 0. The molecule has 2 amide bonds. The van der Waals surface area contributed by atoms with Crippen LogP contribution in [0.25, 0.3) is 0 Å². The van der Waals surface area contributed by atoms with E-state index in [9.17, 15) is 14.4 Å². The molecule has 3 N–H and O–H groups in total. The molecular weight excluding hydrogens is 256 g/mol. The van der Waals surface area contributed by atoms with Crippen LogP contribution < -0.4 is 0 Å².